The molecular weight excluding hydrogens is 502 g/mol. The van der Waals surface area contributed by atoms with Crippen LogP contribution in [0.5, 0.6) is 0 Å². The van der Waals surface area contributed by atoms with Gasteiger partial charge >= 0.3 is 0 Å². The van der Waals surface area contributed by atoms with E-state index >= 15 is 0 Å². The lowest BCUT2D eigenvalue weighted by atomic mass is 9.98. The predicted octanol–water partition coefficient (Wildman–Crippen LogP) is 6.33. The zero-order valence-electron chi connectivity index (χ0n) is 16.5. The maximum atomic E-state index is 13.7. The maximum absolute atomic E-state index is 13.7. The van der Waals surface area contributed by atoms with Crippen LogP contribution in [0.2, 0.25) is 5.02 Å². The van der Waals surface area contributed by atoms with Crippen molar-refractivity contribution in [3.05, 3.63) is 73.2 Å². The summed E-state index contributed by atoms with van der Waals surface area (Å²) in [7, 11) is 0. The highest BCUT2D eigenvalue weighted by atomic mass is 79.9. The van der Waals surface area contributed by atoms with Gasteiger partial charge < -0.3 is 0 Å². The Hall–Kier alpha value is -2.16. The number of benzene rings is 2. The van der Waals surface area contributed by atoms with E-state index in [2.05, 4.69) is 15.9 Å². The van der Waals surface area contributed by atoms with E-state index in [0.717, 1.165) is 35.7 Å². The van der Waals surface area contributed by atoms with Crippen LogP contribution in [0.15, 0.2) is 51.9 Å². The number of hydrogen-bond donors (Lipinski definition) is 0. The molecule has 1 aliphatic carbocycles. The fourth-order valence-electron chi connectivity index (χ4n) is 4.22. The van der Waals surface area contributed by atoms with Crippen molar-refractivity contribution >= 4 is 62.0 Å². The second-order valence-corrected chi connectivity index (χ2v) is 9.44. The summed E-state index contributed by atoms with van der Waals surface area (Å²) in [6.07, 6.45) is 5.43. The van der Waals surface area contributed by atoms with Crippen molar-refractivity contribution in [2.45, 2.75) is 44.2 Å². The number of nitro benzene ring substituents is 1. The molecule has 1 aliphatic heterocycles. The fourth-order valence-corrected chi connectivity index (χ4v) is 5.09. The number of nitro groups is 1. The Morgan fingerprint density at radius 1 is 1.13 bits per heavy atom. The number of hydrogen-bond acceptors (Lipinski definition) is 5. The van der Waals surface area contributed by atoms with Crippen LogP contribution in [0.25, 0.3) is 0 Å². The van der Waals surface area contributed by atoms with Gasteiger partial charge in [0.25, 0.3) is 11.6 Å². The van der Waals surface area contributed by atoms with Gasteiger partial charge in [0.05, 0.1) is 4.92 Å². The highest BCUT2D eigenvalue weighted by Gasteiger charge is 2.48. The highest BCUT2D eigenvalue weighted by Crippen LogP contribution is 2.40. The molecule has 0 N–H and O–H groups in total. The monoisotopic (exact) mass is 519 g/mol. The van der Waals surface area contributed by atoms with Gasteiger partial charge in [0, 0.05) is 21.7 Å². The first kappa shape index (κ1) is 22.0. The molecule has 0 saturated heterocycles. The lowest BCUT2D eigenvalue weighted by molar-refractivity contribution is -0.384. The van der Waals surface area contributed by atoms with Crippen molar-refractivity contribution in [1.82, 2.24) is 4.90 Å². The molecule has 0 radical (unpaired) electrons. The lowest BCUT2D eigenvalue weighted by Crippen LogP contribution is -2.49. The largest absolute Gasteiger partial charge is 0.288 e. The van der Waals surface area contributed by atoms with E-state index in [0.29, 0.717) is 23.5 Å². The highest BCUT2D eigenvalue weighted by molar-refractivity contribution is 9.10. The van der Waals surface area contributed by atoms with Gasteiger partial charge in [-0.15, -0.1) is 0 Å². The van der Waals surface area contributed by atoms with Crippen molar-refractivity contribution in [3.8, 4) is 0 Å². The molecule has 2 aromatic carbocycles. The van der Waals surface area contributed by atoms with E-state index in [1.165, 1.54) is 18.2 Å². The van der Waals surface area contributed by atoms with Crippen LogP contribution in [0, 0.1) is 10.1 Å². The number of carbonyl (C=O) groups is 1. The number of amides is 1. The van der Waals surface area contributed by atoms with Crippen molar-refractivity contribution in [2.24, 2.45) is 4.99 Å². The first-order valence-electron chi connectivity index (χ1n) is 10.0. The van der Waals surface area contributed by atoms with E-state index in [-0.39, 0.29) is 22.2 Å². The van der Waals surface area contributed by atoms with Crippen LogP contribution in [0.1, 0.15) is 54.4 Å². The van der Waals surface area contributed by atoms with Crippen LogP contribution >= 0.6 is 39.7 Å². The van der Waals surface area contributed by atoms with E-state index in [1.54, 1.807) is 4.90 Å². The Balaban J connectivity index is 1.79. The van der Waals surface area contributed by atoms with Gasteiger partial charge in [0.15, 0.2) is 0 Å². The number of nitrogens with zero attached hydrogens (tertiary/aromatic N) is 3. The molecule has 0 unspecified atom stereocenters. The zero-order chi connectivity index (χ0) is 22.2. The minimum Gasteiger partial charge on any atom is -0.271 e. The molecule has 9 heteroatoms. The summed E-state index contributed by atoms with van der Waals surface area (Å²) in [6, 6.07) is 11.8. The van der Waals surface area contributed by atoms with Crippen LogP contribution in [-0.2, 0) is 0 Å². The summed E-state index contributed by atoms with van der Waals surface area (Å²) in [5, 5.41) is 11.3. The smallest absolute Gasteiger partial charge is 0.271 e. The van der Waals surface area contributed by atoms with Gasteiger partial charge in [-0.3, -0.25) is 24.8 Å². The second-order valence-electron chi connectivity index (χ2n) is 7.73. The van der Waals surface area contributed by atoms with E-state index in [1.807, 2.05) is 24.3 Å². The predicted molar refractivity (Wildman–Crippen MR) is 128 cm³/mol. The molecule has 6 nitrogen and oxygen atoms in total. The topological polar surface area (TPSA) is 75.8 Å². The third-order valence-electron chi connectivity index (χ3n) is 5.76. The molecule has 4 rings (SSSR count). The van der Waals surface area contributed by atoms with Crippen LogP contribution in [0.4, 0.5) is 5.69 Å². The molecular formula is C22H19BrClN3O3S. The van der Waals surface area contributed by atoms with Gasteiger partial charge in [-0.2, -0.15) is 0 Å². The molecule has 2 aromatic rings. The number of rotatable bonds is 3. The summed E-state index contributed by atoms with van der Waals surface area (Å²) in [6.45, 7) is 0. The Labute approximate surface area is 198 Å². The quantitative estimate of drug-likeness (QED) is 0.269. The van der Waals surface area contributed by atoms with Crippen molar-refractivity contribution in [1.29, 1.82) is 0 Å². The third-order valence-corrected chi connectivity index (χ3v) is 6.98. The average molecular weight is 521 g/mol. The molecule has 1 spiro atoms. The molecule has 2 aliphatic rings. The summed E-state index contributed by atoms with van der Waals surface area (Å²) in [4.78, 5) is 31.4. The number of aliphatic imine (C=N–C) groups is 1. The van der Waals surface area contributed by atoms with Gasteiger partial charge in [0.2, 0.25) is 0 Å². The summed E-state index contributed by atoms with van der Waals surface area (Å²) >= 11 is 15.1. The van der Waals surface area contributed by atoms with Crippen LogP contribution in [0.3, 0.4) is 0 Å². The lowest BCUT2D eigenvalue weighted by Gasteiger charge is -2.35. The van der Waals surface area contributed by atoms with Crippen molar-refractivity contribution < 1.29 is 9.72 Å². The zero-order valence-corrected chi connectivity index (χ0v) is 19.7. The fraction of sp³-hybridized carbons (Fsp3) is 0.318. The minimum atomic E-state index is -0.762. The minimum absolute atomic E-state index is 0.0125. The average Bonchev–Trinajstić information content (AvgIpc) is 2.88. The summed E-state index contributed by atoms with van der Waals surface area (Å²) in [5.74, 6) is -0.387. The summed E-state index contributed by atoms with van der Waals surface area (Å²) in [5.41, 5.74) is 0.563. The first-order valence-corrected chi connectivity index (χ1v) is 11.6. The van der Waals surface area contributed by atoms with Crippen LogP contribution in [-0.4, -0.2) is 32.1 Å². The summed E-state index contributed by atoms with van der Waals surface area (Å²) < 4.78 is 0.936. The Bertz CT molecular complexity index is 1100. The molecule has 1 amide bonds. The molecule has 1 fully saturated rings. The molecule has 160 valence electrons. The SMILES string of the molecule is O=C(c1ccc(Cl)c([N+](=O)[O-])c1)N1C(=S)C(c2ccc(Br)cc2)=NC12CCCCCC2. The van der Waals surface area contributed by atoms with Gasteiger partial charge in [-0.05, 0) is 49.9 Å². The number of carbonyl (C=O) groups excluding carboxylic acids is 1. The number of thiocarbonyl (C=S) groups is 1. The molecule has 1 saturated carbocycles. The molecule has 0 bridgehead atoms. The molecule has 31 heavy (non-hydrogen) atoms. The number of halogens is 2. The van der Waals surface area contributed by atoms with E-state index < -0.39 is 10.6 Å². The maximum Gasteiger partial charge on any atom is 0.288 e. The first-order chi connectivity index (χ1) is 14.8. The molecule has 1 heterocycles. The van der Waals surface area contributed by atoms with Crippen molar-refractivity contribution in [3.63, 3.8) is 0 Å². The Morgan fingerprint density at radius 3 is 2.39 bits per heavy atom. The van der Waals surface area contributed by atoms with E-state index in [4.69, 9.17) is 28.8 Å². The molecule has 0 aromatic heterocycles. The normalized spacial score (nSPS) is 18.1. The Morgan fingerprint density at radius 2 is 1.77 bits per heavy atom. The second kappa shape index (κ2) is 8.76. The third kappa shape index (κ3) is 4.16. The van der Waals surface area contributed by atoms with Gasteiger partial charge in [-0.1, -0.05) is 64.7 Å². The van der Waals surface area contributed by atoms with E-state index in [9.17, 15) is 14.9 Å². The Kier molecular flexibility index (Phi) is 6.23. The van der Waals surface area contributed by atoms with Gasteiger partial charge in [0.1, 0.15) is 21.4 Å². The standard InChI is InChI=1S/C22H19BrClN3O3S/c23-16-8-5-14(6-9-16)19-21(31)26(22(25-19)11-3-1-2-4-12-22)20(28)15-7-10-17(24)18(13-15)27(29)30/h5-10,13H,1-4,11-12H2. The van der Waals surface area contributed by atoms with Gasteiger partial charge in [-0.25, -0.2) is 0 Å². The van der Waals surface area contributed by atoms with Crippen LogP contribution < -0.4 is 0 Å². The van der Waals surface area contributed by atoms with Crippen molar-refractivity contribution in [2.75, 3.05) is 0 Å². The molecule has 0 atom stereocenters.